The highest BCUT2D eigenvalue weighted by Crippen LogP contribution is 2.20. The normalized spacial score (nSPS) is 11.2. The molecule has 0 aliphatic carbocycles. The summed E-state index contributed by atoms with van der Waals surface area (Å²) >= 11 is 1.48. The molecule has 0 spiro atoms. The Morgan fingerprint density at radius 1 is 1.35 bits per heavy atom. The van der Waals surface area contributed by atoms with Gasteiger partial charge in [0, 0.05) is 19.2 Å². The molecule has 4 N–H and O–H groups in total. The van der Waals surface area contributed by atoms with Crippen LogP contribution in [0.1, 0.15) is 27.2 Å². The summed E-state index contributed by atoms with van der Waals surface area (Å²) < 4.78 is 0. The minimum absolute atomic E-state index is 0.339. The Bertz CT molecular complexity index is 464. The Morgan fingerprint density at radius 3 is 2.45 bits per heavy atom. The van der Waals surface area contributed by atoms with Crippen LogP contribution in [-0.2, 0) is 4.79 Å². The van der Waals surface area contributed by atoms with Crippen molar-refractivity contribution >= 4 is 29.3 Å². The maximum atomic E-state index is 11.3. The van der Waals surface area contributed by atoms with Gasteiger partial charge < -0.3 is 16.4 Å². The summed E-state index contributed by atoms with van der Waals surface area (Å²) in [5.74, 6) is 1.14. The van der Waals surface area contributed by atoms with Crippen molar-refractivity contribution in [2.24, 2.45) is 11.1 Å². The Morgan fingerprint density at radius 2 is 1.95 bits per heavy atom. The van der Waals surface area contributed by atoms with Crippen molar-refractivity contribution in [3.63, 3.8) is 0 Å². The van der Waals surface area contributed by atoms with Crippen molar-refractivity contribution in [2.45, 2.75) is 32.3 Å². The van der Waals surface area contributed by atoms with Crippen LogP contribution in [-0.4, -0.2) is 35.2 Å². The summed E-state index contributed by atoms with van der Waals surface area (Å²) in [6.45, 7) is 6.99. The predicted octanol–water partition coefficient (Wildman–Crippen LogP) is 1.94. The zero-order valence-electron chi connectivity index (χ0n) is 12.5. The van der Waals surface area contributed by atoms with Crippen molar-refractivity contribution in [2.75, 3.05) is 30.0 Å². The lowest BCUT2D eigenvalue weighted by molar-refractivity contribution is -0.125. The molecule has 0 fully saturated rings. The first kappa shape index (κ1) is 16.6. The van der Waals surface area contributed by atoms with Gasteiger partial charge in [-0.05, 0) is 26.5 Å². The van der Waals surface area contributed by atoms with Crippen LogP contribution in [0.5, 0.6) is 0 Å². The average molecular weight is 297 g/mol. The zero-order valence-corrected chi connectivity index (χ0v) is 13.3. The smallest absolute Gasteiger partial charge is 0.224 e. The lowest BCUT2D eigenvalue weighted by Crippen LogP contribution is -2.37. The minimum Gasteiger partial charge on any atom is -0.370 e. The lowest BCUT2D eigenvalue weighted by atomic mass is 9.93. The first-order chi connectivity index (χ1) is 9.39. The Balaban J connectivity index is 2.80. The number of rotatable bonds is 8. The van der Waals surface area contributed by atoms with Crippen LogP contribution in [0.2, 0.25) is 0 Å². The molecule has 1 heterocycles. The molecule has 112 valence electrons. The second-order valence-corrected chi connectivity index (χ2v) is 5.93. The van der Waals surface area contributed by atoms with Gasteiger partial charge in [0.2, 0.25) is 5.91 Å². The summed E-state index contributed by atoms with van der Waals surface area (Å²) in [6, 6.07) is 1.84. The van der Waals surface area contributed by atoms with Gasteiger partial charge >= 0.3 is 0 Å². The SMILES string of the molecule is CCCNc1cc(NCC(C)(C)C(N)=O)nc(SC)n1. The van der Waals surface area contributed by atoms with Crippen molar-refractivity contribution in [1.82, 2.24) is 9.97 Å². The number of nitrogens with one attached hydrogen (secondary N) is 2. The van der Waals surface area contributed by atoms with E-state index in [-0.39, 0.29) is 5.91 Å². The van der Waals surface area contributed by atoms with Crippen molar-refractivity contribution in [3.8, 4) is 0 Å². The van der Waals surface area contributed by atoms with Crippen LogP contribution in [0.4, 0.5) is 11.6 Å². The monoisotopic (exact) mass is 297 g/mol. The molecule has 1 amide bonds. The number of nitrogens with zero attached hydrogens (tertiary/aromatic N) is 2. The molecule has 0 aliphatic heterocycles. The van der Waals surface area contributed by atoms with Crippen molar-refractivity contribution in [3.05, 3.63) is 6.07 Å². The van der Waals surface area contributed by atoms with Crippen LogP contribution < -0.4 is 16.4 Å². The number of hydrogen-bond acceptors (Lipinski definition) is 6. The number of nitrogens with two attached hydrogens (primary N) is 1. The van der Waals surface area contributed by atoms with Gasteiger partial charge in [0.05, 0.1) is 5.41 Å². The number of carbonyl (C=O) groups is 1. The van der Waals surface area contributed by atoms with Gasteiger partial charge in [0.15, 0.2) is 5.16 Å². The molecule has 1 rings (SSSR count). The van der Waals surface area contributed by atoms with Gasteiger partial charge in [-0.1, -0.05) is 18.7 Å². The predicted molar refractivity (Wildman–Crippen MR) is 84.1 cm³/mol. The van der Waals surface area contributed by atoms with Gasteiger partial charge in [0.25, 0.3) is 0 Å². The van der Waals surface area contributed by atoms with Crippen LogP contribution in [0.15, 0.2) is 11.2 Å². The second-order valence-electron chi connectivity index (χ2n) is 5.15. The first-order valence-corrected chi connectivity index (χ1v) is 7.82. The standard InChI is InChI=1S/C13H23N5OS/c1-5-6-15-9-7-10(18-12(17-9)20-4)16-8-13(2,3)11(14)19/h7H,5-6,8H2,1-4H3,(H2,14,19)(H2,15,16,17,18). The quantitative estimate of drug-likeness (QED) is 0.501. The van der Waals surface area contributed by atoms with Crippen LogP contribution >= 0.6 is 11.8 Å². The van der Waals surface area contributed by atoms with Gasteiger partial charge in [-0.25, -0.2) is 9.97 Å². The fourth-order valence-corrected chi connectivity index (χ4v) is 1.73. The van der Waals surface area contributed by atoms with E-state index >= 15 is 0 Å². The molecule has 0 atom stereocenters. The molecule has 0 saturated carbocycles. The fraction of sp³-hybridized carbons (Fsp3) is 0.615. The molecular weight excluding hydrogens is 274 g/mol. The highest BCUT2D eigenvalue weighted by Gasteiger charge is 2.24. The zero-order chi connectivity index (χ0) is 15.2. The van der Waals surface area contributed by atoms with Gasteiger partial charge in [0.1, 0.15) is 11.6 Å². The van der Waals surface area contributed by atoms with Crippen LogP contribution in [0.3, 0.4) is 0 Å². The summed E-state index contributed by atoms with van der Waals surface area (Å²) in [4.78, 5) is 20.1. The van der Waals surface area contributed by atoms with Crippen molar-refractivity contribution in [1.29, 1.82) is 0 Å². The molecule has 1 aromatic heterocycles. The maximum Gasteiger partial charge on any atom is 0.224 e. The van der Waals surface area contributed by atoms with Gasteiger partial charge in [-0.15, -0.1) is 0 Å². The van der Waals surface area contributed by atoms with E-state index in [1.807, 2.05) is 12.3 Å². The van der Waals surface area contributed by atoms with E-state index in [1.54, 1.807) is 13.8 Å². The number of primary amides is 1. The lowest BCUT2D eigenvalue weighted by Gasteiger charge is -2.21. The van der Waals surface area contributed by atoms with E-state index in [0.29, 0.717) is 17.5 Å². The summed E-state index contributed by atoms with van der Waals surface area (Å²) in [5, 5.41) is 7.07. The molecule has 0 saturated heterocycles. The summed E-state index contributed by atoms with van der Waals surface area (Å²) in [6.07, 6.45) is 2.95. The van der Waals surface area contributed by atoms with E-state index in [4.69, 9.17) is 5.73 Å². The van der Waals surface area contributed by atoms with E-state index in [9.17, 15) is 4.79 Å². The third kappa shape index (κ3) is 4.88. The largest absolute Gasteiger partial charge is 0.370 e. The maximum absolute atomic E-state index is 11.3. The molecule has 0 unspecified atom stereocenters. The number of hydrogen-bond donors (Lipinski definition) is 3. The Labute approximate surface area is 124 Å². The highest BCUT2D eigenvalue weighted by atomic mass is 32.2. The molecule has 20 heavy (non-hydrogen) atoms. The van der Waals surface area contributed by atoms with Gasteiger partial charge in [-0.2, -0.15) is 0 Å². The molecule has 0 aromatic carbocycles. The topological polar surface area (TPSA) is 92.9 Å². The molecular formula is C13H23N5OS. The molecule has 0 radical (unpaired) electrons. The molecule has 7 heteroatoms. The molecule has 0 bridgehead atoms. The Hall–Kier alpha value is -1.50. The molecule has 1 aromatic rings. The van der Waals surface area contributed by atoms with Crippen LogP contribution in [0, 0.1) is 5.41 Å². The molecule has 0 aliphatic rings. The highest BCUT2D eigenvalue weighted by molar-refractivity contribution is 7.98. The van der Waals surface area contributed by atoms with E-state index < -0.39 is 5.41 Å². The summed E-state index contributed by atoms with van der Waals surface area (Å²) in [7, 11) is 0. The number of thioether (sulfide) groups is 1. The van der Waals surface area contributed by atoms with Gasteiger partial charge in [-0.3, -0.25) is 4.79 Å². The summed E-state index contributed by atoms with van der Waals surface area (Å²) in [5.41, 5.74) is 4.73. The fourth-order valence-electron chi connectivity index (χ4n) is 1.35. The van der Waals surface area contributed by atoms with E-state index in [2.05, 4.69) is 27.5 Å². The number of anilines is 2. The first-order valence-electron chi connectivity index (χ1n) is 6.59. The van der Waals surface area contributed by atoms with E-state index in [1.165, 1.54) is 11.8 Å². The average Bonchev–Trinajstić information content (AvgIpc) is 2.42. The Kier molecular flexibility index (Phi) is 6.06. The van der Waals surface area contributed by atoms with E-state index in [0.717, 1.165) is 18.8 Å². The minimum atomic E-state index is -0.624. The third-order valence-electron chi connectivity index (χ3n) is 2.82. The third-order valence-corrected chi connectivity index (χ3v) is 3.37. The van der Waals surface area contributed by atoms with Crippen LogP contribution in [0.25, 0.3) is 0 Å². The number of carbonyl (C=O) groups excluding carboxylic acids is 1. The van der Waals surface area contributed by atoms with Crippen molar-refractivity contribution < 1.29 is 4.79 Å². The second kappa shape index (κ2) is 7.33. The number of aromatic nitrogens is 2. The number of amides is 1. The molecule has 6 nitrogen and oxygen atoms in total.